The molecule has 0 saturated carbocycles. The van der Waals surface area contributed by atoms with E-state index in [4.69, 9.17) is 11.6 Å². The Labute approximate surface area is 159 Å². The largest absolute Gasteiger partial charge is 0.307 e. The first kappa shape index (κ1) is 18.7. The molecule has 2 aromatic rings. The average molecular weight is 393 g/mol. The molecule has 7 heteroatoms. The summed E-state index contributed by atoms with van der Waals surface area (Å²) < 4.78 is 25.9. The Morgan fingerprint density at radius 1 is 1.27 bits per heavy atom. The van der Waals surface area contributed by atoms with Crippen LogP contribution in [0.25, 0.3) is 0 Å². The first-order chi connectivity index (χ1) is 12.2. The van der Waals surface area contributed by atoms with Crippen LogP contribution >= 0.6 is 11.6 Å². The number of amides is 1. The van der Waals surface area contributed by atoms with Gasteiger partial charge in [-0.15, -0.1) is 0 Å². The number of fused-ring (bicyclic) bond motifs is 1. The van der Waals surface area contributed by atoms with Crippen LogP contribution in [0.3, 0.4) is 0 Å². The van der Waals surface area contributed by atoms with Crippen molar-refractivity contribution in [2.45, 2.75) is 26.3 Å². The predicted molar refractivity (Wildman–Crippen MR) is 105 cm³/mol. The number of hydrogen-bond donors (Lipinski definition) is 0. The van der Waals surface area contributed by atoms with Crippen LogP contribution in [0.5, 0.6) is 0 Å². The number of benzene rings is 2. The Morgan fingerprint density at radius 3 is 2.62 bits per heavy atom. The molecule has 0 aliphatic carbocycles. The molecule has 1 atom stereocenters. The molecule has 1 aliphatic heterocycles. The smallest absolute Gasteiger partial charge is 0.248 e. The number of halogens is 1. The van der Waals surface area contributed by atoms with Gasteiger partial charge in [0.2, 0.25) is 15.9 Å². The van der Waals surface area contributed by atoms with Crippen molar-refractivity contribution in [3.8, 4) is 0 Å². The van der Waals surface area contributed by atoms with Gasteiger partial charge in [0.1, 0.15) is 6.54 Å². The highest BCUT2D eigenvalue weighted by molar-refractivity contribution is 7.92. The maximum absolute atomic E-state index is 13.0. The van der Waals surface area contributed by atoms with Crippen molar-refractivity contribution >= 4 is 38.9 Å². The summed E-state index contributed by atoms with van der Waals surface area (Å²) in [5.41, 5.74) is 3.11. The minimum atomic E-state index is -3.63. The van der Waals surface area contributed by atoms with E-state index in [2.05, 4.69) is 0 Å². The number of anilines is 2. The van der Waals surface area contributed by atoms with E-state index in [1.807, 2.05) is 31.2 Å². The standard InChI is InChI=1S/C19H21ClN2O3S/c1-13-10-16(20)8-9-17(13)21(26(3,24)25)12-19(23)22-14(2)11-15-6-4-5-7-18(15)22/h4-10,14H,11-12H2,1-3H3/t14-/m1/s1. The zero-order valence-electron chi connectivity index (χ0n) is 14.9. The van der Waals surface area contributed by atoms with Gasteiger partial charge in [0, 0.05) is 16.8 Å². The van der Waals surface area contributed by atoms with Crippen molar-refractivity contribution in [3.63, 3.8) is 0 Å². The van der Waals surface area contributed by atoms with Gasteiger partial charge < -0.3 is 4.90 Å². The van der Waals surface area contributed by atoms with Crippen molar-refractivity contribution in [3.05, 3.63) is 58.6 Å². The monoisotopic (exact) mass is 392 g/mol. The molecular weight excluding hydrogens is 372 g/mol. The summed E-state index contributed by atoms with van der Waals surface area (Å²) in [7, 11) is -3.63. The van der Waals surface area contributed by atoms with Gasteiger partial charge in [-0.1, -0.05) is 29.8 Å². The first-order valence-corrected chi connectivity index (χ1v) is 10.5. The lowest BCUT2D eigenvalue weighted by molar-refractivity contribution is -0.117. The molecule has 0 radical (unpaired) electrons. The fourth-order valence-electron chi connectivity index (χ4n) is 3.42. The first-order valence-electron chi connectivity index (χ1n) is 8.32. The summed E-state index contributed by atoms with van der Waals surface area (Å²) in [6.07, 6.45) is 1.87. The topological polar surface area (TPSA) is 57.7 Å². The minimum absolute atomic E-state index is 0.00683. The summed E-state index contributed by atoms with van der Waals surface area (Å²) in [6.45, 7) is 3.49. The van der Waals surface area contributed by atoms with Gasteiger partial charge in [-0.05, 0) is 55.7 Å². The predicted octanol–water partition coefficient (Wildman–Crippen LogP) is 3.39. The molecule has 0 saturated heterocycles. The molecule has 26 heavy (non-hydrogen) atoms. The highest BCUT2D eigenvalue weighted by Gasteiger charge is 2.33. The number of carbonyl (C=O) groups excluding carboxylic acids is 1. The molecule has 1 amide bonds. The maximum Gasteiger partial charge on any atom is 0.248 e. The molecule has 138 valence electrons. The second-order valence-corrected chi connectivity index (χ2v) is 8.99. The SMILES string of the molecule is Cc1cc(Cl)ccc1N(CC(=O)N1c2ccccc2C[C@H]1C)S(C)(=O)=O. The van der Waals surface area contributed by atoms with E-state index in [1.165, 1.54) is 0 Å². The molecule has 0 spiro atoms. The van der Waals surface area contributed by atoms with Gasteiger partial charge >= 0.3 is 0 Å². The van der Waals surface area contributed by atoms with Crippen LogP contribution in [0.2, 0.25) is 5.02 Å². The van der Waals surface area contributed by atoms with E-state index in [0.717, 1.165) is 28.2 Å². The Kier molecular flexibility index (Phi) is 4.99. The fraction of sp³-hybridized carbons (Fsp3) is 0.316. The quantitative estimate of drug-likeness (QED) is 0.801. The van der Waals surface area contributed by atoms with Crippen LogP contribution in [-0.4, -0.2) is 33.2 Å². The number of rotatable bonds is 4. The van der Waals surface area contributed by atoms with E-state index in [0.29, 0.717) is 16.3 Å². The Morgan fingerprint density at radius 2 is 1.96 bits per heavy atom. The summed E-state index contributed by atoms with van der Waals surface area (Å²) >= 11 is 5.98. The molecule has 3 rings (SSSR count). The van der Waals surface area contributed by atoms with Crippen molar-refractivity contribution < 1.29 is 13.2 Å². The lowest BCUT2D eigenvalue weighted by Gasteiger charge is -2.28. The summed E-state index contributed by atoms with van der Waals surface area (Å²) in [4.78, 5) is 14.7. The normalized spacial score (nSPS) is 16.5. The Bertz CT molecular complexity index is 959. The third kappa shape index (κ3) is 3.57. The van der Waals surface area contributed by atoms with Gasteiger partial charge in [-0.3, -0.25) is 9.10 Å². The molecule has 0 fully saturated rings. The number of aryl methyl sites for hydroxylation is 1. The minimum Gasteiger partial charge on any atom is -0.307 e. The van der Waals surface area contributed by atoms with Crippen LogP contribution in [0.15, 0.2) is 42.5 Å². The summed E-state index contributed by atoms with van der Waals surface area (Å²) in [5, 5.41) is 0.521. The second kappa shape index (κ2) is 6.93. The summed E-state index contributed by atoms with van der Waals surface area (Å²) in [5.74, 6) is -0.248. The number of hydrogen-bond acceptors (Lipinski definition) is 3. The van der Waals surface area contributed by atoms with Crippen molar-refractivity contribution in [2.24, 2.45) is 0 Å². The van der Waals surface area contributed by atoms with Crippen molar-refractivity contribution in [1.29, 1.82) is 0 Å². The molecule has 0 unspecified atom stereocenters. The van der Waals surface area contributed by atoms with Crippen LogP contribution in [-0.2, 0) is 21.2 Å². The fourth-order valence-corrected chi connectivity index (χ4v) is 4.56. The Balaban J connectivity index is 1.94. The number of nitrogens with zero attached hydrogens (tertiary/aromatic N) is 2. The number of para-hydroxylation sites is 1. The zero-order valence-corrected chi connectivity index (χ0v) is 16.5. The highest BCUT2D eigenvalue weighted by Crippen LogP contribution is 2.33. The average Bonchev–Trinajstić information content (AvgIpc) is 2.88. The molecular formula is C19H21ClN2O3S. The van der Waals surface area contributed by atoms with Crippen LogP contribution in [0, 0.1) is 6.92 Å². The lowest BCUT2D eigenvalue weighted by atomic mass is 10.1. The third-order valence-corrected chi connectivity index (χ3v) is 5.94. The number of carbonyl (C=O) groups is 1. The van der Waals surface area contributed by atoms with Gasteiger partial charge in [0.15, 0.2) is 0 Å². The van der Waals surface area contributed by atoms with E-state index >= 15 is 0 Å². The summed E-state index contributed by atoms with van der Waals surface area (Å²) in [6, 6.07) is 12.7. The van der Waals surface area contributed by atoms with Crippen LogP contribution in [0.4, 0.5) is 11.4 Å². The Hall–Kier alpha value is -2.05. The molecule has 5 nitrogen and oxygen atoms in total. The lowest BCUT2D eigenvalue weighted by Crippen LogP contribution is -2.45. The van der Waals surface area contributed by atoms with Crippen LogP contribution < -0.4 is 9.21 Å². The van der Waals surface area contributed by atoms with Crippen LogP contribution in [0.1, 0.15) is 18.1 Å². The molecule has 0 N–H and O–H groups in total. The van der Waals surface area contributed by atoms with Crippen molar-refractivity contribution in [2.75, 3.05) is 22.0 Å². The maximum atomic E-state index is 13.0. The van der Waals surface area contributed by atoms with Crippen molar-refractivity contribution in [1.82, 2.24) is 0 Å². The third-order valence-electron chi connectivity index (χ3n) is 4.58. The zero-order chi connectivity index (χ0) is 19.1. The highest BCUT2D eigenvalue weighted by atomic mass is 35.5. The molecule has 1 aliphatic rings. The van der Waals surface area contributed by atoms with Gasteiger partial charge in [-0.25, -0.2) is 8.42 Å². The second-order valence-electron chi connectivity index (χ2n) is 6.65. The van der Waals surface area contributed by atoms with E-state index < -0.39 is 10.0 Å². The molecule has 1 heterocycles. The van der Waals surface area contributed by atoms with E-state index in [1.54, 1.807) is 30.0 Å². The van der Waals surface area contributed by atoms with Gasteiger partial charge in [-0.2, -0.15) is 0 Å². The number of sulfonamides is 1. The van der Waals surface area contributed by atoms with Gasteiger partial charge in [0.05, 0.1) is 11.9 Å². The van der Waals surface area contributed by atoms with E-state index in [-0.39, 0.29) is 18.5 Å². The van der Waals surface area contributed by atoms with E-state index in [9.17, 15) is 13.2 Å². The molecule has 0 aromatic heterocycles. The molecule has 0 bridgehead atoms. The molecule has 2 aromatic carbocycles. The van der Waals surface area contributed by atoms with Gasteiger partial charge in [0.25, 0.3) is 0 Å².